The summed E-state index contributed by atoms with van der Waals surface area (Å²) in [6.45, 7) is 9.33. The van der Waals surface area contributed by atoms with Crippen LogP contribution in [0, 0.1) is 0 Å². The number of benzene rings is 1. The average Bonchev–Trinajstić information content (AvgIpc) is 2.30. The highest BCUT2D eigenvalue weighted by Crippen LogP contribution is 2.18. The summed E-state index contributed by atoms with van der Waals surface area (Å²) in [5, 5.41) is 3.56. The van der Waals surface area contributed by atoms with E-state index in [0.717, 1.165) is 18.8 Å². The fourth-order valence-electron chi connectivity index (χ4n) is 1.66. The predicted octanol–water partition coefficient (Wildman–Crippen LogP) is 3.53. The molecule has 0 aliphatic rings. The number of hydrogen-bond donors (Lipinski definition) is 1. The first-order valence-electron chi connectivity index (χ1n) is 6.16. The molecule has 0 fully saturated rings. The van der Waals surface area contributed by atoms with Gasteiger partial charge in [0.2, 0.25) is 0 Å². The summed E-state index contributed by atoms with van der Waals surface area (Å²) < 4.78 is 5.42. The molecule has 0 saturated heterocycles. The molecular weight excluding hydrogens is 198 g/mol. The largest absolute Gasteiger partial charge is 0.494 e. The zero-order valence-corrected chi connectivity index (χ0v) is 10.8. The Morgan fingerprint density at radius 3 is 2.25 bits per heavy atom. The van der Waals surface area contributed by atoms with Crippen molar-refractivity contribution in [2.75, 3.05) is 6.61 Å². The van der Waals surface area contributed by atoms with Crippen molar-refractivity contribution in [3.8, 4) is 5.75 Å². The van der Waals surface area contributed by atoms with E-state index in [1.165, 1.54) is 5.56 Å². The first-order chi connectivity index (χ1) is 7.67. The molecule has 2 nitrogen and oxygen atoms in total. The molecule has 0 bridgehead atoms. The molecule has 2 unspecified atom stereocenters. The van der Waals surface area contributed by atoms with Crippen LogP contribution in [-0.4, -0.2) is 12.6 Å². The van der Waals surface area contributed by atoms with Gasteiger partial charge < -0.3 is 10.1 Å². The Morgan fingerprint density at radius 2 is 1.75 bits per heavy atom. The van der Waals surface area contributed by atoms with Crippen molar-refractivity contribution >= 4 is 0 Å². The molecule has 0 spiro atoms. The molecule has 2 heteroatoms. The van der Waals surface area contributed by atoms with E-state index >= 15 is 0 Å². The summed E-state index contributed by atoms with van der Waals surface area (Å²) in [5.74, 6) is 0.946. The molecule has 90 valence electrons. The SMILES string of the molecule is CCOc1ccc(C(C)NC(C)CC)cc1. The quantitative estimate of drug-likeness (QED) is 0.793. The van der Waals surface area contributed by atoms with Gasteiger partial charge in [0.1, 0.15) is 5.75 Å². The van der Waals surface area contributed by atoms with Crippen LogP contribution in [0.4, 0.5) is 0 Å². The van der Waals surface area contributed by atoms with Gasteiger partial charge in [-0.05, 0) is 44.9 Å². The molecule has 0 radical (unpaired) electrons. The first-order valence-corrected chi connectivity index (χ1v) is 6.16. The van der Waals surface area contributed by atoms with E-state index in [0.29, 0.717) is 12.1 Å². The Bertz CT molecular complexity index is 294. The molecule has 1 aromatic rings. The van der Waals surface area contributed by atoms with Gasteiger partial charge in [-0.1, -0.05) is 19.1 Å². The topological polar surface area (TPSA) is 21.3 Å². The van der Waals surface area contributed by atoms with Crippen LogP contribution in [0.2, 0.25) is 0 Å². The number of rotatable bonds is 6. The molecule has 0 aliphatic heterocycles. The Labute approximate surface area is 99.0 Å². The van der Waals surface area contributed by atoms with Crippen LogP contribution < -0.4 is 10.1 Å². The fourth-order valence-corrected chi connectivity index (χ4v) is 1.66. The van der Waals surface area contributed by atoms with E-state index in [9.17, 15) is 0 Å². The smallest absolute Gasteiger partial charge is 0.119 e. The lowest BCUT2D eigenvalue weighted by Crippen LogP contribution is -2.28. The van der Waals surface area contributed by atoms with Crippen LogP contribution in [-0.2, 0) is 0 Å². The minimum Gasteiger partial charge on any atom is -0.494 e. The van der Waals surface area contributed by atoms with Crippen LogP contribution >= 0.6 is 0 Å². The van der Waals surface area contributed by atoms with Crippen molar-refractivity contribution in [1.82, 2.24) is 5.32 Å². The van der Waals surface area contributed by atoms with Crippen molar-refractivity contribution in [1.29, 1.82) is 0 Å². The van der Waals surface area contributed by atoms with Gasteiger partial charge in [-0.25, -0.2) is 0 Å². The van der Waals surface area contributed by atoms with Gasteiger partial charge in [0, 0.05) is 12.1 Å². The molecule has 0 aromatic heterocycles. The van der Waals surface area contributed by atoms with Gasteiger partial charge in [0.25, 0.3) is 0 Å². The minimum atomic E-state index is 0.394. The van der Waals surface area contributed by atoms with Gasteiger partial charge in [-0.3, -0.25) is 0 Å². The third-order valence-electron chi connectivity index (χ3n) is 2.84. The molecule has 0 amide bonds. The maximum Gasteiger partial charge on any atom is 0.119 e. The Balaban J connectivity index is 2.59. The Hall–Kier alpha value is -1.02. The maximum atomic E-state index is 5.42. The molecular formula is C14H23NO. The second-order valence-corrected chi connectivity index (χ2v) is 4.20. The normalized spacial score (nSPS) is 14.5. The van der Waals surface area contributed by atoms with E-state index in [1.807, 2.05) is 19.1 Å². The number of nitrogens with one attached hydrogen (secondary N) is 1. The molecule has 1 rings (SSSR count). The highest BCUT2D eigenvalue weighted by atomic mass is 16.5. The molecule has 0 saturated carbocycles. The first kappa shape index (κ1) is 13.0. The minimum absolute atomic E-state index is 0.394. The van der Waals surface area contributed by atoms with Crippen LogP contribution in [0.15, 0.2) is 24.3 Å². The van der Waals surface area contributed by atoms with Gasteiger partial charge in [-0.15, -0.1) is 0 Å². The molecule has 0 aliphatic carbocycles. The summed E-state index contributed by atoms with van der Waals surface area (Å²) in [5.41, 5.74) is 1.31. The van der Waals surface area contributed by atoms with Crippen molar-refractivity contribution in [2.45, 2.75) is 46.2 Å². The third kappa shape index (κ3) is 3.86. The monoisotopic (exact) mass is 221 g/mol. The van der Waals surface area contributed by atoms with E-state index < -0.39 is 0 Å². The van der Waals surface area contributed by atoms with E-state index in [1.54, 1.807) is 0 Å². The van der Waals surface area contributed by atoms with Gasteiger partial charge in [-0.2, -0.15) is 0 Å². The summed E-state index contributed by atoms with van der Waals surface area (Å²) in [6.07, 6.45) is 1.15. The molecule has 1 aromatic carbocycles. The van der Waals surface area contributed by atoms with E-state index in [2.05, 4.69) is 38.2 Å². The standard InChI is InChI=1S/C14H23NO/c1-5-11(3)15-12(4)13-7-9-14(10-8-13)16-6-2/h7-12,15H,5-6H2,1-4H3. The summed E-state index contributed by atoms with van der Waals surface area (Å²) in [6, 6.07) is 9.28. The number of hydrogen-bond acceptors (Lipinski definition) is 2. The van der Waals surface area contributed by atoms with E-state index in [-0.39, 0.29) is 0 Å². The lowest BCUT2D eigenvalue weighted by molar-refractivity contribution is 0.340. The fraction of sp³-hybridized carbons (Fsp3) is 0.571. The third-order valence-corrected chi connectivity index (χ3v) is 2.84. The second kappa shape index (κ2) is 6.54. The maximum absolute atomic E-state index is 5.42. The van der Waals surface area contributed by atoms with E-state index in [4.69, 9.17) is 4.74 Å². The zero-order chi connectivity index (χ0) is 12.0. The lowest BCUT2D eigenvalue weighted by atomic mass is 10.1. The molecule has 16 heavy (non-hydrogen) atoms. The molecule has 2 atom stereocenters. The van der Waals surface area contributed by atoms with Crippen molar-refractivity contribution in [3.63, 3.8) is 0 Å². The second-order valence-electron chi connectivity index (χ2n) is 4.20. The van der Waals surface area contributed by atoms with Crippen LogP contribution in [0.25, 0.3) is 0 Å². The summed E-state index contributed by atoms with van der Waals surface area (Å²) >= 11 is 0. The van der Waals surface area contributed by atoms with Gasteiger partial charge in [0.05, 0.1) is 6.61 Å². The van der Waals surface area contributed by atoms with Crippen molar-refractivity contribution < 1.29 is 4.74 Å². The summed E-state index contributed by atoms with van der Waals surface area (Å²) in [7, 11) is 0. The van der Waals surface area contributed by atoms with Crippen LogP contribution in [0.3, 0.4) is 0 Å². The predicted molar refractivity (Wildman–Crippen MR) is 68.9 cm³/mol. The highest BCUT2D eigenvalue weighted by molar-refractivity contribution is 5.28. The number of ether oxygens (including phenoxy) is 1. The molecule has 0 heterocycles. The Morgan fingerprint density at radius 1 is 1.12 bits per heavy atom. The van der Waals surface area contributed by atoms with Crippen molar-refractivity contribution in [3.05, 3.63) is 29.8 Å². The van der Waals surface area contributed by atoms with Crippen LogP contribution in [0.1, 0.15) is 45.7 Å². The average molecular weight is 221 g/mol. The molecule has 1 N–H and O–H groups in total. The highest BCUT2D eigenvalue weighted by Gasteiger charge is 2.07. The Kier molecular flexibility index (Phi) is 5.33. The van der Waals surface area contributed by atoms with Crippen molar-refractivity contribution in [2.24, 2.45) is 0 Å². The summed E-state index contributed by atoms with van der Waals surface area (Å²) in [4.78, 5) is 0. The zero-order valence-electron chi connectivity index (χ0n) is 10.8. The van der Waals surface area contributed by atoms with Gasteiger partial charge in [0.15, 0.2) is 0 Å². The van der Waals surface area contributed by atoms with Crippen LogP contribution in [0.5, 0.6) is 5.75 Å². The van der Waals surface area contributed by atoms with Gasteiger partial charge >= 0.3 is 0 Å². The lowest BCUT2D eigenvalue weighted by Gasteiger charge is -2.19.